The summed E-state index contributed by atoms with van der Waals surface area (Å²) in [6.45, 7) is 2.24. The van der Waals surface area contributed by atoms with Crippen LogP contribution in [-0.4, -0.2) is 10.9 Å². The van der Waals surface area contributed by atoms with E-state index < -0.39 is 0 Å². The Morgan fingerprint density at radius 1 is 1.22 bits per heavy atom. The van der Waals surface area contributed by atoms with Crippen molar-refractivity contribution in [2.24, 2.45) is 5.92 Å². The smallest absolute Gasteiger partial charge is 0.257 e. The predicted octanol–water partition coefficient (Wildman–Crippen LogP) is 6.97. The summed E-state index contributed by atoms with van der Waals surface area (Å²) in [7, 11) is 0. The Labute approximate surface area is 199 Å². The molecule has 1 unspecified atom stereocenters. The molecule has 0 fully saturated rings. The average Bonchev–Trinajstić information content (AvgIpc) is 3.14. The molecule has 0 bridgehead atoms. The quantitative estimate of drug-likeness (QED) is 0.329. The first kappa shape index (κ1) is 20.9. The Morgan fingerprint density at radius 2 is 2.00 bits per heavy atom. The molecule has 1 aliphatic rings. The van der Waals surface area contributed by atoms with Crippen LogP contribution < -0.4 is 5.32 Å². The number of pyridine rings is 1. The SMILES string of the molecule is CC1CCc2c(sc(NC(=O)c3cc(-c4ccc(Br)cc4)nc4ccccc34)c2C#N)C1. The number of hydrogen-bond donors (Lipinski definition) is 1. The van der Waals surface area contributed by atoms with Crippen molar-refractivity contribution in [2.75, 3.05) is 5.32 Å². The van der Waals surface area contributed by atoms with E-state index in [-0.39, 0.29) is 5.91 Å². The summed E-state index contributed by atoms with van der Waals surface area (Å²) in [6, 6.07) is 19.7. The van der Waals surface area contributed by atoms with E-state index in [1.165, 1.54) is 4.88 Å². The average molecular weight is 502 g/mol. The largest absolute Gasteiger partial charge is 0.312 e. The molecule has 0 radical (unpaired) electrons. The number of hydrogen-bond acceptors (Lipinski definition) is 4. The van der Waals surface area contributed by atoms with Crippen LogP contribution >= 0.6 is 27.3 Å². The minimum absolute atomic E-state index is 0.217. The summed E-state index contributed by atoms with van der Waals surface area (Å²) < 4.78 is 0.986. The third kappa shape index (κ3) is 3.83. The zero-order valence-electron chi connectivity index (χ0n) is 17.5. The second-order valence-corrected chi connectivity index (χ2v) is 10.2. The minimum atomic E-state index is -0.217. The molecule has 1 amide bonds. The van der Waals surface area contributed by atoms with Crippen LogP contribution in [0.25, 0.3) is 22.2 Å². The van der Waals surface area contributed by atoms with Crippen molar-refractivity contribution in [3.63, 3.8) is 0 Å². The second-order valence-electron chi connectivity index (χ2n) is 8.20. The lowest BCUT2D eigenvalue weighted by Gasteiger charge is -2.17. The lowest BCUT2D eigenvalue weighted by Crippen LogP contribution is -2.13. The number of nitriles is 1. The van der Waals surface area contributed by atoms with Crippen molar-refractivity contribution < 1.29 is 4.79 Å². The van der Waals surface area contributed by atoms with E-state index in [4.69, 9.17) is 4.98 Å². The highest BCUT2D eigenvalue weighted by Crippen LogP contribution is 2.39. The Balaban J connectivity index is 1.57. The molecule has 2 heterocycles. The van der Waals surface area contributed by atoms with E-state index in [0.717, 1.165) is 51.5 Å². The van der Waals surface area contributed by atoms with Crippen molar-refractivity contribution in [1.82, 2.24) is 4.98 Å². The van der Waals surface area contributed by atoms with Gasteiger partial charge in [-0.2, -0.15) is 5.26 Å². The third-order valence-corrected chi connectivity index (χ3v) is 7.65. The zero-order valence-corrected chi connectivity index (χ0v) is 19.9. The summed E-state index contributed by atoms with van der Waals surface area (Å²) >= 11 is 5.01. The van der Waals surface area contributed by atoms with Crippen molar-refractivity contribution in [2.45, 2.75) is 26.2 Å². The standard InChI is InChI=1S/C26H20BrN3OS/c1-15-6-11-19-21(14-28)26(32-24(19)12-15)30-25(31)20-13-23(16-7-9-17(27)10-8-16)29-22-5-3-2-4-18(20)22/h2-5,7-10,13,15H,6,11-12H2,1H3,(H,30,31). The van der Waals surface area contributed by atoms with Crippen LogP contribution in [0.3, 0.4) is 0 Å². The fraction of sp³-hybridized carbons (Fsp3) is 0.192. The van der Waals surface area contributed by atoms with Crippen molar-refractivity contribution in [3.8, 4) is 17.3 Å². The van der Waals surface area contributed by atoms with Gasteiger partial charge in [-0.1, -0.05) is 53.2 Å². The highest BCUT2D eigenvalue weighted by Gasteiger charge is 2.25. The summed E-state index contributed by atoms with van der Waals surface area (Å²) in [4.78, 5) is 19.5. The number of anilines is 1. The number of carbonyl (C=O) groups excluding carboxylic acids is 1. The molecule has 5 rings (SSSR count). The van der Waals surface area contributed by atoms with Gasteiger partial charge in [0.1, 0.15) is 11.1 Å². The molecule has 2 aromatic heterocycles. The maximum Gasteiger partial charge on any atom is 0.257 e. The lowest BCUT2D eigenvalue weighted by atomic mass is 9.88. The Hall–Kier alpha value is -3.01. The van der Waals surface area contributed by atoms with Gasteiger partial charge in [0.25, 0.3) is 5.91 Å². The van der Waals surface area contributed by atoms with Gasteiger partial charge < -0.3 is 5.32 Å². The number of halogens is 1. The fourth-order valence-electron chi connectivity index (χ4n) is 4.26. The maximum absolute atomic E-state index is 13.5. The number of carbonyl (C=O) groups is 1. The van der Waals surface area contributed by atoms with Gasteiger partial charge in [-0.25, -0.2) is 4.98 Å². The molecule has 1 atom stereocenters. The highest BCUT2D eigenvalue weighted by molar-refractivity contribution is 9.10. The van der Waals surface area contributed by atoms with E-state index in [1.807, 2.05) is 54.6 Å². The first-order valence-corrected chi connectivity index (χ1v) is 12.2. The second kappa shape index (κ2) is 8.50. The van der Waals surface area contributed by atoms with Crippen molar-refractivity contribution in [3.05, 3.63) is 80.6 Å². The van der Waals surface area contributed by atoms with Crippen LogP contribution in [0.4, 0.5) is 5.00 Å². The Bertz CT molecular complexity index is 1380. The maximum atomic E-state index is 13.5. The fourth-order valence-corrected chi connectivity index (χ4v) is 5.88. The number of aromatic nitrogens is 1. The number of nitrogens with one attached hydrogen (secondary N) is 1. The number of amides is 1. The summed E-state index contributed by atoms with van der Waals surface area (Å²) in [5.41, 5.74) is 4.72. The van der Waals surface area contributed by atoms with E-state index in [2.05, 4.69) is 34.2 Å². The van der Waals surface area contributed by atoms with E-state index in [1.54, 1.807) is 11.3 Å². The Morgan fingerprint density at radius 3 is 2.78 bits per heavy atom. The molecule has 6 heteroatoms. The van der Waals surface area contributed by atoms with Gasteiger partial charge in [0.2, 0.25) is 0 Å². The summed E-state index contributed by atoms with van der Waals surface area (Å²) in [5.74, 6) is 0.388. The molecule has 0 aliphatic heterocycles. The zero-order chi connectivity index (χ0) is 22.2. The van der Waals surface area contributed by atoms with Crippen LogP contribution in [0.2, 0.25) is 0 Å². The Kier molecular flexibility index (Phi) is 5.54. The van der Waals surface area contributed by atoms with Gasteiger partial charge in [-0.3, -0.25) is 4.79 Å². The van der Waals surface area contributed by atoms with E-state index in [9.17, 15) is 10.1 Å². The van der Waals surface area contributed by atoms with E-state index >= 15 is 0 Å². The number of rotatable bonds is 3. The highest BCUT2D eigenvalue weighted by atomic mass is 79.9. The third-order valence-electron chi connectivity index (χ3n) is 5.95. The molecule has 2 aromatic carbocycles. The molecule has 4 aromatic rings. The van der Waals surface area contributed by atoms with Crippen LogP contribution in [0.1, 0.15) is 39.7 Å². The van der Waals surface area contributed by atoms with Gasteiger partial charge in [0, 0.05) is 20.3 Å². The monoisotopic (exact) mass is 501 g/mol. The number of para-hydroxylation sites is 1. The number of fused-ring (bicyclic) bond motifs is 2. The van der Waals surface area contributed by atoms with Gasteiger partial charge >= 0.3 is 0 Å². The number of nitrogens with zero attached hydrogens (tertiary/aromatic N) is 2. The van der Waals surface area contributed by atoms with Crippen molar-refractivity contribution >= 4 is 49.1 Å². The summed E-state index contributed by atoms with van der Waals surface area (Å²) in [5, 5.41) is 14.3. The van der Waals surface area contributed by atoms with Crippen LogP contribution in [0, 0.1) is 17.2 Å². The molecular formula is C26H20BrN3OS. The number of benzene rings is 2. The predicted molar refractivity (Wildman–Crippen MR) is 133 cm³/mol. The lowest BCUT2D eigenvalue weighted by molar-refractivity contribution is 0.102. The van der Waals surface area contributed by atoms with E-state index in [0.29, 0.717) is 22.0 Å². The molecule has 1 aliphatic carbocycles. The molecule has 0 spiro atoms. The first-order valence-electron chi connectivity index (χ1n) is 10.5. The molecular weight excluding hydrogens is 482 g/mol. The van der Waals surface area contributed by atoms with Crippen LogP contribution in [-0.2, 0) is 12.8 Å². The topological polar surface area (TPSA) is 65.8 Å². The normalized spacial score (nSPS) is 15.2. The van der Waals surface area contributed by atoms with Gasteiger partial charge in [0.05, 0.1) is 22.3 Å². The van der Waals surface area contributed by atoms with Crippen LogP contribution in [0.15, 0.2) is 59.1 Å². The minimum Gasteiger partial charge on any atom is -0.312 e. The van der Waals surface area contributed by atoms with Gasteiger partial charge in [0.15, 0.2) is 0 Å². The first-order chi connectivity index (χ1) is 15.5. The summed E-state index contributed by atoms with van der Waals surface area (Å²) in [6.07, 6.45) is 2.95. The molecule has 32 heavy (non-hydrogen) atoms. The molecule has 1 N–H and O–H groups in total. The molecule has 158 valence electrons. The molecule has 4 nitrogen and oxygen atoms in total. The van der Waals surface area contributed by atoms with Crippen molar-refractivity contribution in [1.29, 1.82) is 5.26 Å². The van der Waals surface area contributed by atoms with Gasteiger partial charge in [-0.15, -0.1) is 11.3 Å². The molecule has 0 saturated carbocycles. The molecule has 0 saturated heterocycles. The van der Waals surface area contributed by atoms with Gasteiger partial charge in [-0.05, 0) is 55.0 Å². The van der Waals surface area contributed by atoms with Crippen LogP contribution in [0.5, 0.6) is 0 Å². The number of thiophene rings is 1.